The molecule has 0 aliphatic heterocycles. The summed E-state index contributed by atoms with van der Waals surface area (Å²) in [7, 11) is -3.83. The van der Waals surface area contributed by atoms with E-state index >= 15 is 0 Å². The summed E-state index contributed by atoms with van der Waals surface area (Å²) in [5.41, 5.74) is 1.10. The SMILES string of the molecule is CCC(C(=O)NC1CCCC1)N(Cc1ccccc1Cl)C(=O)CN(c1cccc2ccccc12)S(C)(=O)=O. The fraction of sp³-hybridized carbons (Fsp3) is 0.379. The predicted octanol–water partition coefficient (Wildman–Crippen LogP) is 5.13. The van der Waals surface area contributed by atoms with E-state index in [-0.39, 0.29) is 18.5 Å². The zero-order valence-electron chi connectivity index (χ0n) is 21.8. The van der Waals surface area contributed by atoms with Crippen LogP contribution in [0.4, 0.5) is 5.69 Å². The number of carbonyl (C=O) groups excluding carboxylic acids is 2. The molecule has 0 heterocycles. The third-order valence-electron chi connectivity index (χ3n) is 7.10. The molecule has 1 atom stereocenters. The van der Waals surface area contributed by atoms with Gasteiger partial charge in [0.25, 0.3) is 0 Å². The van der Waals surface area contributed by atoms with E-state index in [1.807, 2.05) is 49.4 Å². The van der Waals surface area contributed by atoms with Crippen LogP contribution in [0.15, 0.2) is 66.7 Å². The van der Waals surface area contributed by atoms with Crippen molar-refractivity contribution in [1.29, 1.82) is 0 Å². The summed E-state index contributed by atoms with van der Waals surface area (Å²) in [6.07, 6.45) is 5.44. The van der Waals surface area contributed by atoms with Crippen molar-refractivity contribution < 1.29 is 18.0 Å². The van der Waals surface area contributed by atoms with E-state index < -0.39 is 28.5 Å². The van der Waals surface area contributed by atoms with Crippen LogP contribution < -0.4 is 9.62 Å². The van der Waals surface area contributed by atoms with Crippen molar-refractivity contribution in [2.75, 3.05) is 17.1 Å². The lowest BCUT2D eigenvalue weighted by Gasteiger charge is -2.33. The summed E-state index contributed by atoms with van der Waals surface area (Å²) in [6, 6.07) is 19.3. The van der Waals surface area contributed by atoms with Gasteiger partial charge in [0.15, 0.2) is 0 Å². The second-order valence-electron chi connectivity index (χ2n) is 9.79. The molecule has 1 fully saturated rings. The summed E-state index contributed by atoms with van der Waals surface area (Å²) >= 11 is 6.43. The molecular formula is C29H34ClN3O4S. The summed E-state index contributed by atoms with van der Waals surface area (Å²) in [4.78, 5) is 28.8. The first-order chi connectivity index (χ1) is 18.2. The highest BCUT2D eigenvalue weighted by Crippen LogP contribution is 2.29. The highest BCUT2D eigenvalue weighted by Gasteiger charge is 2.33. The number of nitrogens with zero attached hydrogens (tertiary/aromatic N) is 2. The third kappa shape index (κ3) is 6.48. The molecule has 0 radical (unpaired) electrons. The van der Waals surface area contributed by atoms with Crippen LogP contribution in [0.3, 0.4) is 0 Å². The Morgan fingerprint density at radius 2 is 1.66 bits per heavy atom. The first-order valence-electron chi connectivity index (χ1n) is 13.0. The van der Waals surface area contributed by atoms with Crippen molar-refractivity contribution in [3.63, 3.8) is 0 Å². The lowest BCUT2D eigenvalue weighted by molar-refractivity contribution is -0.140. The summed E-state index contributed by atoms with van der Waals surface area (Å²) in [5, 5.41) is 5.17. The Labute approximate surface area is 229 Å². The van der Waals surface area contributed by atoms with E-state index in [4.69, 9.17) is 11.6 Å². The van der Waals surface area contributed by atoms with Crippen LogP contribution in [-0.4, -0.2) is 50.0 Å². The van der Waals surface area contributed by atoms with Gasteiger partial charge in [-0.3, -0.25) is 13.9 Å². The molecule has 2 amide bonds. The number of sulfonamides is 1. The number of hydrogen-bond acceptors (Lipinski definition) is 4. The van der Waals surface area contributed by atoms with E-state index in [1.165, 1.54) is 4.90 Å². The number of benzene rings is 3. The average molecular weight is 556 g/mol. The number of anilines is 1. The number of hydrogen-bond donors (Lipinski definition) is 1. The molecule has 1 unspecified atom stereocenters. The van der Waals surface area contributed by atoms with Crippen LogP contribution in [0.5, 0.6) is 0 Å². The normalized spacial score (nSPS) is 14.8. The van der Waals surface area contributed by atoms with Crippen LogP contribution in [0.2, 0.25) is 5.02 Å². The molecule has 38 heavy (non-hydrogen) atoms. The molecule has 1 N–H and O–H groups in total. The lowest BCUT2D eigenvalue weighted by Crippen LogP contribution is -2.53. The van der Waals surface area contributed by atoms with Gasteiger partial charge in [-0.05, 0) is 42.3 Å². The summed E-state index contributed by atoms with van der Waals surface area (Å²) in [6.45, 7) is 1.50. The first-order valence-corrected chi connectivity index (χ1v) is 15.2. The predicted molar refractivity (Wildman–Crippen MR) is 153 cm³/mol. The second-order valence-corrected chi connectivity index (χ2v) is 12.1. The number of fused-ring (bicyclic) bond motifs is 1. The van der Waals surface area contributed by atoms with Crippen molar-refractivity contribution in [3.05, 3.63) is 77.3 Å². The number of nitrogens with one attached hydrogen (secondary N) is 1. The lowest BCUT2D eigenvalue weighted by atomic mass is 10.1. The Kier molecular flexibility index (Phi) is 8.95. The van der Waals surface area contributed by atoms with Gasteiger partial charge in [-0.25, -0.2) is 8.42 Å². The van der Waals surface area contributed by atoms with E-state index in [0.29, 0.717) is 22.7 Å². The van der Waals surface area contributed by atoms with Crippen LogP contribution in [0.25, 0.3) is 10.8 Å². The number of carbonyl (C=O) groups is 2. The Morgan fingerprint density at radius 3 is 2.34 bits per heavy atom. The largest absolute Gasteiger partial charge is 0.352 e. The highest BCUT2D eigenvalue weighted by atomic mass is 35.5. The Balaban J connectivity index is 1.69. The van der Waals surface area contributed by atoms with Crippen molar-refractivity contribution in [2.45, 2.75) is 57.7 Å². The third-order valence-corrected chi connectivity index (χ3v) is 8.60. The Morgan fingerprint density at radius 1 is 1.00 bits per heavy atom. The van der Waals surface area contributed by atoms with Crippen molar-refractivity contribution in [3.8, 4) is 0 Å². The maximum absolute atomic E-state index is 14.0. The topological polar surface area (TPSA) is 86.8 Å². The van der Waals surface area contributed by atoms with Crippen LogP contribution >= 0.6 is 11.6 Å². The molecule has 0 aromatic heterocycles. The minimum Gasteiger partial charge on any atom is -0.352 e. The monoisotopic (exact) mass is 555 g/mol. The fourth-order valence-electron chi connectivity index (χ4n) is 5.12. The molecule has 202 valence electrons. The fourth-order valence-corrected chi connectivity index (χ4v) is 6.17. The summed E-state index contributed by atoms with van der Waals surface area (Å²) < 4.78 is 27.1. The average Bonchev–Trinajstić information content (AvgIpc) is 3.40. The van der Waals surface area contributed by atoms with E-state index in [1.54, 1.807) is 24.3 Å². The van der Waals surface area contributed by atoms with E-state index in [2.05, 4.69) is 5.32 Å². The van der Waals surface area contributed by atoms with Crippen molar-refractivity contribution >= 4 is 49.9 Å². The minimum absolute atomic E-state index is 0.0856. The maximum atomic E-state index is 14.0. The minimum atomic E-state index is -3.83. The molecule has 3 aromatic rings. The first kappa shape index (κ1) is 27.9. The maximum Gasteiger partial charge on any atom is 0.244 e. The van der Waals surface area contributed by atoms with E-state index in [9.17, 15) is 18.0 Å². The molecule has 0 spiro atoms. The molecule has 0 bridgehead atoms. The molecule has 1 aliphatic rings. The van der Waals surface area contributed by atoms with Crippen molar-refractivity contribution in [2.24, 2.45) is 0 Å². The van der Waals surface area contributed by atoms with Gasteiger partial charge in [0.1, 0.15) is 12.6 Å². The second kappa shape index (κ2) is 12.2. The van der Waals surface area contributed by atoms with Gasteiger partial charge in [-0.2, -0.15) is 0 Å². The van der Waals surface area contributed by atoms with Gasteiger partial charge < -0.3 is 10.2 Å². The van der Waals surface area contributed by atoms with Crippen molar-refractivity contribution in [1.82, 2.24) is 10.2 Å². The Hall–Kier alpha value is -3.10. The molecule has 4 rings (SSSR count). The smallest absolute Gasteiger partial charge is 0.244 e. The quantitative estimate of drug-likeness (QED) is 0.376. The molecule has 1 saturated carbocycles. The van der Waals surface area contributed by atoms with Gasteiger partial charge in [0.05, 0.1) is 11.9 Å². The molecule has 3 aromatic carbocycles. The standard InChI is InChI=1S/C29H34ClN3O4S/c1-3-26(29(35)31-23-14-6-7-15-23)32(19-22-12-5-9-17-25(22)30)28(34)20-33(38(2,36)37)27-18-10-13-21-11-4-8-16-24(21)27/h4-5,8-13,16-18,23,26H,3,6-7,14-15,19-20H2,1-2H3,(H,31,35). The van der Waals surface area contributed by atoms with Crippen LogP contribution in [0.1, 0.15) is 44.6 Å². The van der Waals surface area contributed by atoms with Crippen LogP contribution in [-0.2, 0) is 26.2 Å². The van der Waals surface area contributed by atoms with Gasteiger partial charge in [-0.15, -0.1) is 0 Å². The number of rotatable bonds is 10. The number of amides is 2. The van der Waals surface area contributed by atoms with Gasteiger partial charge in [0, 0.05) is 23.0 Å². The summed E-state index contributed by atoms with van der Waals surface area (Å²) in [5.74, 6) is -0.701. The molecule has 1 aliphatic carbocycles. The van der Waals surface area contributed by atoms with Gasteiger partial charge in [0.2, 0.25) is 21.8 Å². The number of halogens is 1. The van der Waals surface area contributed by atoms with Gasteiger partial charge in [-0.1, -0.05) is 86.0 Å². The molecule has 7 nitrogen and oxygen atoms in total. The van der Waals surface area contributed by atoms with E-state index in [0.717, 1.165) is 47.0 Å². The molecular weight excluding hydrogens is 522 g/mol. The zero-order valence-corrected chi connectivity index (χ0v) is 23.3. The Bertz CT molecular complexity index is 1400. The van der Waals surface area contributed by atoms with Crippen LogP contribution in [0, 0.1) is 0 Å². The zero-order chi connectivity index (χ0) is 27.3. The molecule has 0 saturated heterocycles. The highest BCUT2D eigenvalue weighted by molar-refractivity contribution is 7.92. The molecule has 9 heteroatoms. The van der Waals surface area contributed by atoms with Gasteiger partial charge >= 0.3 is 0 Å².